The first-order valence-electron chi connectivity index (χ1n) is 8.82. The highest BCUT2D eigenvalue weighted by molar-refractivity contribution is 6.32. The highest BCUT2D eigenvalue weighted by Gasteiger charge is 2.11. The van der Waals surface area contributed by atoms with Crippen LogP contribution in [0.3, 0.4) is 0 Å². The smallest absolute Gasteiger partial charge is 0.261 e. The minimum Gasteiger partial charge on any atom is -0.324 e. The molecule has 2 aromatic heterocycles. The fourth-order valence-electron chi connectivity index (χ4n) is 3.18. The summed E-state index contributed by atoms with van der Waals surface area (Å²) < 4.78 is 1.45. The topological polar surface area (TPSA) is 76.9 Å². The number of anilines is 1. The number of nitrogens with zero attached hydrogens (tertiary/aromatic N) is 3. The molecule has 2 aromatic carbocycles. The van der Waals surface area contributed by atoms with E-state index in [0.717, 1.165) is 10.9 Å². The molecule has 1 N–H and O–H groups in total. The standard InChI is InChI=1S/C21H17ClN4O2/c1-13-4-2-6-16-19(13)24-12-26(21(16)28)9-7-18(27)25-17-11-15(22)10-14-5-3-8-23-20(14)17/h2-6,8,10-12H,7,9H2,1H3,(H,25,27). The van der Waals surface area contributed by atoms with Crippen molar-refractivity contribution in [2.45, 2.75) is 19.9 Å². The molecule has 7 heteroatoms. The summed E-state index contributed by atoms with van der Waals surface area (Å²) in [6, 6.07) is 12.6. The highest BCUT2D eigenvalue weighted by atomic mass is 35.5. The Hall–Kier alpha value is -3.25. The predicted molar refractivity (Wildman–Crippen MR) is 111 cm³/mol. The van der Waals surface area contributed by atoms with E-state index < -0.39 is 0 Å². The van der Waals surface area contributed by atoms with Gasteiger partial charge in [-0.05, 0) is 36.8 Å². The van der Waals surface area contributed by atoms with Crippen LogP contribution in [0.1, 0.15) is 12.0 Å². The van der Waals surface area contributed by atoms with Gasteiger partial charge >= 0.3 is 0 Å². The normalized spacial score (nSPS) is 11.1. The first kappa shape index (κ1) is 18.1. The Bertz CT molecular complexity index is 1270. The van der Waals surface area contributed by atoms with Crippen LogP contribution < -0.4 is 10.9 Å². The Balaban J connectivity index is 1.54. The number of halogens is 1. The molecule has 0 aliphatic carbocycles. The molecule has 140 valence electrons. The molecule has 4 aromatic rings. The van der Waals surface area contributed by atoms with Crippen LogP contribution in [0.4, 0.5) is 5.69 Å². The van der Waals surface area contributed by atoms with Gasteiger partial charge in [-0.2, -0.15) is 0 Å². The summed E-state index contributed by atoms with van der Waals surface area (Å²) >= 11 is 6.14. The SMILES string of the molecule is Cc1cccc2c(=O)n(CCC(=O)Nc3cc(Cl)cc4cccnc34)cnc12. The average molecular weight is 393 g/mol. The quantitative estimate of drug-likeness (QED) is 0.570. The molecule has 0 unspecified atom stereocenters. The van der Waals surface area contributed by atoms with Gasteiger partial charge in [-0.3, -0.25) is 19.1 Å². The van der Waals surface area contributed by atoms with E-state index in [2.05, 4.69) is 15.3 Å². The van der Waals surface area contributed by atoms with Crippen molar-refractivity contribution < 1.29 is 4.79 Å². The number of hydrogen-bond donors (Lipinski definition) is 1. The maximum Gasteiger partial charge on any atom is 0.261 e. The van der Waals surface area contributed by atoms with Crippen molar-refractivity contribution in [3.63, 3.8) is 0 Å². The summed E-state index contributed by atoms with van der Waals surface area (Å²) in [6.07, 6.45) is 3.27. The maximum absolute atomic E-state index is 12.6. The number of carbonyl (C=O) groups excluding carboxylic acids is 1. The molecule has 1 amide bonds. The maximum atomic E-state index is 12.6. The lowest BCUT2D eigenvalue weighted by Gasteiger charge is -2.10. The molecular weight excluding hydrogens is 376 g/mol. The zero-order chi connectivity index (χ0) is 19.7. The number of fused-ring (bicyclic) bond motifs is 2. The van der Waals surface area contributed by atoms with E-state index >= 15 is 0 Å². The van der Waals surface area contributed by atoms with E-state index in [-0.39, 0.29) is 24.4 Å². The molecule has 0 fully saturated rings. The fourth-order valence-corrected chi connectivity index (χ4v) is 3.41. The van der Waals surface area contributed by atoms with Gasteiger partial charge in [0.15, 0.2) is 0 Å². The van der Waals surface area contributed by atoms with Crippen LogP contribution in [-0.4, -0.2) is 20.4 Å². The molecule has 2 heterocycles. The average Bonchev–Trinajstić information content (AvgIpc) is 2.68. The lowest BCUT2D eigenvalue weighted by molar-refractivity contribution is -0.116. The van der Waals surface area contributed by atoms with Crippen LogP contribution in [0.5, 0.6) is 0 Å². The van der Waals surface area contributed by atoms with Crippen molar-refractivity contribution in [1.29, 1.82) is 0 Å². The Morgan fingerprint density at radius 2 is 2.00 bits per heavy atom. The molecule has 0 aliphatic heterocycles. The number of nitrogens with one attached hydrogen (secondary N) is 1. The second-order valence-electron chi connectivity index (χ2n) is 6.54. The molecular formula is C21H17ClN4O2. The van der Waals surface area contributed by atoms with E-state index in [1.807, 2.05) is 31.2 Å². The van der Waals surface area contributed by atoms with Gasteiger partial charge < -0.3 is 5.32 Å². The molecule has 0 atom stereocenters. The second-order valence-corrected chi connectivity index (χ2v) is 6.98. The van der Waals surface area contributed by atoms with E-state index in [1.165, 1.54) is 10.9 Å². The molecule has 28 heavy (non-hydrogen) atoms. The number of benzene rings is 2. The highest BCUT2D eigenvalue weighted by Crippen LogP contribution is 2.26. The van der Waals surface area contributed by atoms with Gasteiger partial charge in [-0.15, -0.1) is 0 Å². The number of carbonyl (C=O) groups is 1. The fraction of sp³-hybridized carbons (Fsp3) is 0.143. The molecule has 0 saturated carbocycles. The Morgan fingerprint density at radius 1 is 1.14 bits per heavy atom. The van der Waals surface area contributed by atoms with Gasteiger partial charge in [-0.1, -0.05) is 29.8 Å². The molecule has 0 saturated heterocycles. The van der Waals surface area contributed by atoms with E-state index in [1.54, 1.807) is 24.4 Å². The van der Waals surface area contributed by atoms with Gasteiger partial charge in [0.1, 0.15) is 0 Å². The summed E-state index contributed by atoms with van der Waals surface area (Å²) in [5, 5.41) is 4.75. The van der Waals surface area contributed by atoms with Gasteiger partial charge in [0.05, 0.1) is 28.4 Å². The number of hydrogen-bond acceptors (Lipinski definition) is 4. The summed E-state index contributed by atoms with van der Waals surface area (Å²) in [5.41, 5.74) is 2.69. The number of aromatic nitrogens is 3. The van der Waals surface area contributed by atoms with Crippen LogP contribution in [0.25, 0.3) is 21.8 Å². The summed E-state index contributed by atoms with van der Waals surface area (Å²) in [5.74, 6) is -0.231. The molecule has 0 aliphatic rings. The Kier molecular flexibility index (Phi) is 4.79. The molecule has 6 nitrogen and oxygen atoms in total. The van der Waals surface area contributed by atoms with Crippen LogP contribution in [0.2, 0.25) is 5.02 Å². The largest absolute Gasteiger partial charge is 0.324 e. The molecule has 4 rings (SSSR count). The molecule has 0 radical (unpaired) electrons. The third-order valence-electron chi connectivity index (χ3n) is 4.58. The van der Waals surface area contributed by atoms with Crippen LogP contribution in [0, 0.1) is 6.92 Å². The number of pyridine rings is 1. The second kappa shape index (κ2) is 7.40. The number of rotatable bonds is 4. The van der Waals surface area contributed by atoms with Gasteiger partial charge in [0, 0.05) is 29.6 Å². The molecule has 0 spiro atoms. The lowest BCUT2D eigenvalue weighted by atomic mass is 10.1. The van der Waals surface area contributed by atoms with E-state index in [4.69, 9.17) is 11.6 Å². The van der Waals surface area contributed by atoms with Crippen molar-refractivity contribution in [3.8, 4) is 0 Å². The van der Waals surface area contributed by atoms with Crippen molar-refractivity contribution in [2.24, 2.45) is 0 Å². The Morgan fingerprint density at radius 3 is 2.86 bits per heavy atom. The van der Waals surface area contributed by atoms with Gasteiger partial charge in [0.2, 0.25) is 5.91 Å². The van der Waals surface area contributed by atoms with E-state index in [0.29, 0.717) is 27.1 Å². The summed E-state index contributed by atoms with van der Waals surface area (Å²) in [6.45, 7) is 2.14. The van der Waals surface area contributed by atoms with Crippen molar-refractivity contribution in [3.05, 3.63) is 75.9 Å². The third kappa shape index (κ3) is 3.46. The minimum absolute atomic E-state index is 0.125. The van der Waals surface area contributed by atoms with E-state index in [9.17, 15) is 9.59 Å². The minimum atomic E-state index is -0.231. The van der Waals surface area contributed by atoms with Gasteiger partial charge in [-0.25, -0.2) is 4.98 Å². The number of amides is 1. The summed E-state index contributed by atoms with van der Waals surface area (Å²) in [4.78, 5) is 33.8. The lowest BCUT2D eigenvalue weighted by Crippen LogP contribution is -2.24. The van der Waals surface area contributed by atoms with Crippen LogP contribution in [0.15, 0.2) is 59.8 Å². The zero-order valence-corrected chi connectivity index (χ0v) is 15.9. The van der Waals surface area contributed by atoms with Crippen molar-refractivity contribution in [1.82, 2.24) is 14.5 Å². The first-order valence-corrected chi connectivity index (χ1v) is 9.19. The number of aryl methyl sites for hydroxylation is 2. The summed E-state index contributed by atoms with van der Waals surface area (Å²) in [7, 11) is 0. The Labute approximate surface area is 165 Å². The predicted octanol–water partition coefficient (Wildman–Crippen LogP) is 3.94. The van der Waals surface area contributed by atoms with Crippen LogP contribution in [-0.2, 0) is 11.3 Å². The monoisotopic (exact) mass is 392 g/mol. The number of para-hydroxylation sites is 1. The van der Waals surface area contributed by atoms with Crippen molar-refractivity contribution >= 4 is 45.0 Å². The van der Waals surface area contributed by atoms with Crippen LogP contribution >= 0.6 is 11.6 Å². The third-order valence-corrected chi connectivity index (χ3v) is 4.80. The van der Waals surface area contributed by atoms with Crippen molar-refractivity contribution in [2.75, 3.05) is 5.32 Å². The molecule has 0 bridgehead atoms. The first-order chi connectivity index (χ1) is 13.5. The zero-order valence-electron chi connectivity index (χ0n) is 15.1. The van der Waals surface area contributed by atoms with Gasteiger partial charge in [0.25, 0.3) is 5.56 Å².